The van der Waals surface area contributed by atoms with Gasteiger partial charge in [-0.25, -0.2) is 0 Å². The minimum absolute atomic E-state index is 0.319. The Kier molecular flexibility index (Phi) is 9.81. The lowest BCUT2D eigenvalue weighted by molar-refractivity contribution is 0.483. The molecule has 0 N–H and O–H groups in total. The molecule has 8 heteroatoms. The summed E-state index contributed by atoms with van der Waals surface area (Å²) in [4.78, 5) is 19.2. The molecule has 0 spiro atoms. The van der Waals surface area contributed by atoms with Crippen LogP contribution in [0.3, 0.4) is 0 Å². The van der Waals surface area contributed by atoms with Gasteiger partial charge >= 0.3 is 0 Å². The number of para-hydroxylation sites is 2. The highest BCUT2D eigenvalue weighted by Gasteiger charge is 2.58. The van der Waals surface area contributed by atoms with Gasteiger partial charge in [0.2, 0.25) is 0 Å². The van der Waals surface area contributed by atoms with Crippen molar-refractivity contribution in [2.75, 3.05) is 19.6 Å². The number of rotatable bonds is 6. The third kappa shape index (κ3) is 6.36. The second kappa shape index (κ2) is 16.3. The van der Waals surface area contributed by atoms with E-state index in [1.807, 2.05) is 30.9 Å². The zero-order valence-corrected chi connectivity index (χ0v) is 41.9. The maximum absolute atomic E-state index is 12.0. The van der Waals surface area contributed by atoms with Crippen molar-refractivity contribution in [2.45, 2.75) is 71.6 Å². The molecule has 4 heterocycles. The van der Waals surface area contributed by atoms with E-state index in [1.165, 1.54) is 0 Å². The predicted octanol–water partition coefficient (Wildman–Crippen LogP) is 17.0. The summed E-state index contributed by atoms with van der Waals surface area (Å²) in [6, 6.07) is 57.1. The summed E-state index contributed by atoms with van der Waals surface area (Å²) < 4.78 is 0. The fourth-order valence-electron chi connectivity index (χ4n) is 13.3. The Morgan fingerprint density at radius 2 is 0.808 bits per heavy atom. The van der Waals surface area contributed by atoms with Crippen LogP contribution in [-0.4, -0.2) is 9.97 Å². The van der Waals surface area contributed by atoms with E-state index >= 15 is 0 Å². The van der Waals surface area contributed by atoms with Crippen LogP contribution in [-0.2, 0) is 10.8 Å². The van der Waals surface area contributed by atoms with Crippen molar-refractivity contribution in [3.8, 4) is 34.4 Å². The lowest BCUT2D eigenvalue weighted by Gasteiger charge is -2.47. The van der Waals surface area contributed by atoms with Crippen LogP contribution in [0.5, 0.6) is 0 Å². The van der Waals surface area contributed by atoms with Gasteiger partial charge in [0, 0.05) is 12.4 Å². The molecule has 2 bridgehead atoms. The van der Waals surface area contributed by atoms with Crippen molar-refractivity contribution in [3.05, 3.63) is 215 Å². The van der Waals surface area contributed by atoms with E-state index in [0.29, 0.717) is 16.8 Å². The molecule has 0 amide bonds. The lowest BCUT2D eigenvalue weighted by atomic mass is 9.73. The van der Waals surface area contributed by atoms with Crippen LogP contribution in [0.25, 0.3) is 22.3 Å². The molecule has 2 atom stereocenters. The van der Waals surface area contributed by atoms with Gasteiger partial charge in [0.25, 0.3) is 0 Å². The number of pyridine rings is 2. The number of benzene rings is 7. The minimum atomic E-state index is -0.323. The van der Waals surface area contributed by atoms with Gasteiger partial charge in [-0.15, -0.1) is 0 Å². The second-order valence-electron chi connectivity index (χ2n) is 20.9. The standard InChI is InChI=1S/C65H52N8/c1-40-15-13-16-41(2)60(40)72-54-33-46(44-19-9-7-10-20-44)23-25-50(54)70(52-27-31-68-37-56(52)72)62-49(36-67)48(35-66)58-59(65(6)30-29-64(58,5)39-65)63(62)71-51-26-24-47(45-21-11-8-12-22-45)34-55(51)73(57-38-69-32-28-53(57)71)61-42(3)17-14-18-43(61)4/h7-28,31-34,37-38H,29-30,39H2,1-6H3. The van der Waals surface area contributed by atoms with Gasteiger partial charge in [0.15, 0.2) is 0 Å². The van der Waals surface area contributed by atoms with Crippen LogP contribution in [0.1, 0.15) is 77.6 Å². The lowest BCUT2D eigenvalue weighted by Crippen LogP contribution is -2.32. The summed E-state index contributed by atoms with van der Waals surface area (Å²) >= 11 is 0. The quantitative estimate of drug-likeness (QED) is 0.163. The van der Waals surface area contributed by atoms with Gasteiger partial charge < -0.3 is 19.6 Å². The predicted molar refractivity (Wildman–Crippen MR) is 296 cm³/mol. The third-order valence-corrected chi connectivity index (χ3v) is 16.3. The maximum atomic E-state index is 12.0. The van der Waals surface area contributed by atoms with Gasteiger partial charge in [-0.2, -0.15) is 10.5 Å². The fraction of sp³-hybridized carbons (Fsp3) is 0.169. The van der Waals surface area contributed by atoms with Crippen LogP contribution in [0.15, 0.2) is 170 Å². The van der Waals surface area contributed by atoms with E-state index in [-0.39, 0.29) is 10.8 Å². The largest absolute Gasteiger partial charge is 0.304 e. The van der Waals surface area contributed by atoms with E-state index in [4.69, 9.17) is 9.97 Å². The van der Waals surface area contributed by atoms with Crippen LogP contribution in [0.2, 0.25) is 0 Å². The van der Waals surface area contributed by atoms with Crippen LogP contribution in [0.4, 0.5) is 68.2 Å². The summed E-state index contributed by atoms with van der Waals surface area (Å²) in [7, 11) is 0. The number of nitrogens with zero attached hydrogens (tertiary/aromatic N) is 8. The smallest absolute Gasteiger partial charge is 0.103 e. The Bertz CT molecular complexity index is 3830. The number of nitriles is 2. The number of anilines is 12. The van der Waals surface area contributed by atoms with Crippen molar-refractivity contribution in [3.63, 3.8) is 0 Å². The first-order valence-corrected chi connectivity index (χ1v) is 25.2. The first kappa shape index (κ1) is 44.0. The van der Waals surface area contributed by atoms with Gasteiger partial charge in [0.05, 0.1) is 91.8 Å². The van der Waals surface area contributed by atoms with E-state index in [0.717, 1.165) is 137 Å². The molecule has 7 aromatic carbocycles. The third-order valence-electron chi connectivity index (χ3n) is 16.3. The van der Waals surface area contributed by atoms with Gasteiger partial charge in [-0.1, -0.05) is 123 Å². The summed E-state index contributed by atoms with van der Waals surface area (Å²) in [6.45, 7) is 13.4. The summed E-state index contributed by atoms with van der Waals surface area (Å²) in [6.07, 6.45) is 10.4. The zero-order chi connectivity index (χ0) is 49.9. The van der Waals surface area contributed by atoms with E-state index in [1.54, 1.807) is 0 Å². The molecule has 0 radical (unpaired) electrons. The monoisotopic (exact) mass is 944 g/mol. The van der Waals surface area contributed by atoms with Crippen molar-refractivity contribution in [1.82, 2.24) is 9.97 Å². The highest BCUT2D eigenvalue weighted by atomic mass is 15.3. The molecule has 2 aliphatic carbocycles. The molecule has 8 nitrogen and oxygen atoms in total. The van der Waals surface area contributed by atoms with Crippen molar-refractivity contribution in [2.24, 2.45) is 0 Å². The molecule has 1 fully saturated rings. The molecule has 1 saturated carbocycles. The highest BCUT2D eigenvalue weighted by molar-refractivity contribution is 6.11. The van der Waals surface area contributed by atoms with Gasteiger partial charge in [-0.05, 0) is 150 Å². The Hall–Kier alpha value is -8.98. The average molecular weight is 945 g/mol. The van der Waals surface area contributed by atoms with Gasteiger partial charge in [0.1, 0.15) is 12.1 Å². The van der Waals surface area contributed by atoms with Gasteiger partial charge in [-0.3, -0.25) is 9.97 Å². The van der Waals surface area contributed by atoms with Crippen molar-refractivity contribution in [1.29, 1.82) is 10.5 Å². The van der Waals surface area contributed by atoms with Crippen LogP contribution in [0, 0.1) is 50.4 Å². The molecule has 2 aromatic heterocycles. The average Bonchev–Trinajstić information content (AvgIpc) is 3.86. The number of fused-ring (bicyclic) bond motifs is 9. The Balaban J connectivity index is 1.19. The first-order valence-electron chi connectivity index (χ1n) is 25.2. The molecule has 9 aromatic rings. The van der Waals surface area contributed by atoms with Crippen molar-refractivity contribution < 1.29 is 0 Å². The van der Waals surface area contributed by atoms with E-state index < -0.39 is 0 Å². The highest BCUT2D eigenvalue weighted by Crippen LogP contribution is 2.70. The van der Waals surface area contributed by atoms with Crippen molar-refractivity contribution >= 4 is 68.2 Å². The molecular weight excluding hydrogens is 893 g/mol. The molecule has 2 aliphatic heterocycles. The number of hydrogen-bond acceptors (Lipinski definition) is 8. The Morgan fingerprint density at radius 3 is 1.26 bits per heavy atom. The Morgan fingerprint density at radius 1 is 0.397 bits per heavy atom. The normalized spacial score (nSPS) is 17.8. The molecule has 4 aliphatic rings. The molecular formula is C65H52N8. The topological polar surface area (TPSA) is 86.3 Å². The number of aromatic nitrogens is 2. The number of aryl methyl sites for hydroxylation is 4. The fourth-order valence-corrected chi connectivity index (χ4v) is 13.3. The van der Waals surface area contributed by atoms with E-state index in [2.05, 4.69) is 213 Å². The summed E-state index contributed by atoms with van der Waals surface area (Å²) in [5, 5.41) is 23.7. The van der Waals surface area contributed by atoms with E-state index in [9.17, 15) is 10.5 Å². The summed E-state index contributed by atoms with van der Waals surface area (Å²) in [5.74, 6) is 0. The van der Waals surface area contributed by atoms with Crippen LogP contribution < -0.4 is 19.6 Å². The minimum Gasteiger partial charge on any atom is -0.304 e. The summed E-state index contributed by atoms with van der Waals surface area (Å²) in [5.41, 5.74) is 22.2. The second-order valence-corrected chi connectivity index (χ2v) is 20.9. The zero-order valence-electron chi connectivity index (χ0n) is 41.9. The maximum Gasteiger partial charge on any atom is 0.103 e. The Labute approximate surface area is 427 Å². The molecule has 73 heavy (non-hydrogen) atoms. The molecule has 352 valence electrons. The van der Waals surface area contributed by atoms with Crippen LogP contribution >= 0.6 is 0 Å². The first-order chi connectivity index (χ1) is 35.5. The molecule has 0 saturated heterocycles. The molecule has 13 rings (SSSR count). The molecule has 2 unspecified atom stereocenters. The number of hydrogen-bond donors (Lipinski definition) is 0. The SMILES string of the molecule is Cc1cccc(C)c1N1c2cnccc2N(c2c(C#N)c(C#N)c3c(c2N2c4ccncc4N(c4c(C)cccc4C)c4cc(-c5ccccc5)ccc42)C2(C)CCC3(C)C2)c2ccc(-c3ccccc3)cc21.